The van der Waals surface area contributed by atoms with Crippen molar-refractivity contribution in [2.45, 2.75) is 13.8 Å². The lowest BCUT2D eigenvalue weighted by atomic mass is 10.5. The maximum absolute atomic E-state index is 5.95. The Morgan fingerprint density at radius 3 is 2.80 bits per heavy atom. The maximum atomic E-state index is 5.95. The molecule has 20 heavy (non-hydrogen) atoms. The first-order valence-electron chi connectivity index (χ1n) is 6.33. The zero-order valence-corrected chi connectivity index (χ0v) is 12.2. The van der Waals surface area contributed by atoms with Crippen molar-refractivity contribution in [3.8, 4) is 5.95 Å². The summed E-state index contributed by atoms with van der Waals surface area (Å²) >= 11 is 5.95. The predicted molar refractivity (Wildman–Crippen MR) is 74.1 cm³/mol. The molecular weight excluding hydrogens is 282 g/mol. The van der Waals surface area contributed by atoms with E-state index < -0.39 is 0 Å². The van der Waals surface area contributed by atoms with Crippen molar-refractivity contribution in [1.29, 1.82) is 0 Å². The number of ether oxygens (including phenoxy) is 1. The predicted octanol–water partition coefficient (Wildman–Crippen LogP) is 0.968. The molecule has 0 fully saturated rings. The van der Waals surface area contributed by atoms with Crippen molar-refractivity contribution in [2.75, 3.05) is 31.2 Å². The van der Waals surface area contributed by atoms with Crippen molar-refractivity contribution in [3.63, 3.8) is 0 Å². The summed E-state index contributed by atoms with van der Waals surface area (Å²) in [6.45, 7) is 6.68. The van der Waals surface area contributed by atoms with Crippen LogP contribution in [0.4, 0.5) is 5.95 Å². The number of aromatic nitrogens is 6. The molecule has 0 atom stereocenters. The van der Waals surface area contributed by atoms with Crippen LogP contribution < -0.4 is 4.90 Å². The highest BCUT2D eigenvalue weighted by Gasteiger charge is 2.12. The molecular formula is C11H16ClN7O. The topological polar surface area (TPSA) is 81.9 Å². The molecule has 0 aromatic carbocycles. The summed E-state index contributed by atoms with van der Waals surface area (Å²) in [6, 6.07) is 0. The van der Waals surface area contributed by atoms with Crippen molar-refractivity contribution < 1.29 is 4.74 Å². The van der Waals surface area contributed by atoms with Crippen LogP contribution in [0.2, 0.25) is 5.28 Å². The Kier molecular flexibility index (Phi) is 5.19. The van der Waals surface area contributed by atoms with E-state index in [0.717, 1.165) is 6.54 Å². The van der Waals surface area contributed by atoms with Gasteiger partial charge >= 0.3 is 0 Å². The lowest BCUT2D eigenvalue weighted by Gasteiger charge is -2.20. The summed E-state index contributed by atoms with van der Waals surface area (Å²) in [4.78, 5) is 18.4. The molecule has 0 amide bonds. The monoisotopic (exact) mass is 297 g/mol. The van der Waals surface area contributed by atoms with E-state index in [9.17, 15) is 0 Å². The molecule has 0 spiro atoms. The molecule has 8 nitrogen and oxygen atoms in total. The van der Waals surface area contributed by atoms with E-state index >= 15 is 0 Å². The molecule has 2 heterocycles. The molecule has 0 bridgehead atoms. The fraction of sp³-hybridized carbons (Fsp3) is 0.545. The smallest absolute Gasteiger partial charge is 0.258 e. The second kappa shape index (κ2) is 7.11. The van der Waals surface area contributed by atoms with Gasteiger partial charge in [-0.2, -0.15) is 24.7 Å². The Morgan fingerprint density at radius 2 is 2.15 bits per heavy atom. The SMILES string of the molecule is CCOCCN(CC)c1nc(Cl)nc(-n2cncn2)n1. The summed E-state index contributed by atoms with van der Waals surface area (Å²) in [5.74, 6) is 0.838. The minimum atomic E-state index is 0.121. The Morgan fingerprint density at radius 1 is 1.30 bits per heavy atom. The summed E-state index contributed by atoms with van der Waals surface area (Å²) in [5.41, 5.74) is 0. The van der Waals surface area contributed by atoms with Crippen LogP contribution in [-0.4, -0.2) is 56.0 Å². The highest BCUT2D eigenvalue weighted by atomic mass is 35.5. The minimum Gasteiger partial charge on any atom is -0.380 e. The highest BCUT2D eigenvalue weighted by molar-refractivity contribution is 6.28. The minimum absolute atomic E-state index is 0.121. The molecule has 0 unspecified atom stereocenters. The van der Waals surface area contributed by atoms with E-state index in [4.69, 9.17) is 16.3 Å². The maximum Gasteiger partial charge on any atom is 0.258 e. The number of likely N-dealkylation sites (N-methyl/N-ethyl adjacent to an activating group) is 1. The van der Waals surface area contributed by atoms with E-state index in [-0.39, 0.29) is 5.28 Å². The number of hydrogen-bond acceptors (Lipinski definition) is 7. The number of halogens is 1. The van der Waals surface area contributed by atoms with Crippen LogP contribution in [0, 0.1) is 0 Å². The molecule has 0 saturated heterocycles. The van der Waals surface area contributed by atoms with Gasteiger partial charge in [0.05, 0.1) is 6.61 Å². The van der Waals surface area contributed by atoms with Crippen LogP contribution in [0.25, 0.3) is 5.95 Å². The van der Waals surface area contributed by atoms with E-state index in [1.165, 1.54) is 17.3 Å². The fourth-order valence-electron chi connectivity index (χ4n) is 1.60. The molecule has 108 valence electrons. The summed E-state index contributed by atoms with van der Waals surface area (Å²) in [6.07, 6.45) is 2.91. The van der Waals surface area contributed by atoms with Gasteiger partial charge in [-0.25, -0.2) is 4.98 Å². The average Bonchev–Trinajstić information content (AvgIpc) is 2.97. The van der Waals surface area contributed by atoms with Gasteiger partial charge in [0, 0.05) is 19.7 Å². The molecule has 0 aliphatic carbocycles. The molecule has 9 heteroatoms. The Bertz CT molecular complexity index is 534. The number of nitrogens with zero attached hydrogens (tertiary/aromatic N) is 7. The van der Waals surface area contributed by atoms with Crippen molar-refractivity contribution in [3.05, 3.63) is 17.9 Å². The molecule has 2 rings (SSSR count). The number of hydrogen-bond donors (Lipinski definition) is 0. The van der Waals surface area contributed by atoms with Crippen molar-refractivity contribution in [1.82, 2.24) is 29.7 Å². The normalized spacial score (nSPS) is 10.8. The summed E-state index contributed by atoms with van der Waals surface area (Å²) in [5, 5.41) is 4.10. The quantitative estimate of drug-likeness (QED) is 0.704. The third-order valence-electron chi connectivity index (χ3n) is 2.58. The molecule has 0 aliphatic rings. The lowest BCUT2D eigenvalue weighted by Crippen LogP contribution is -2.29. The van der Waals surface area contributed by atoms with E-state index in [2.05, 4.69) is 25.0 Å². The molecule has 0 aliphatic heterocycles. The second-order valence-electron chi connectivity index (χ2n) is 3.82. The largest absolute Gasteiger partial charge is 0.380 e. The lowest BCUT2D eigenvalue weighted by molar-refractivity contribution is 0.153. The number of anilines is 1. The summed E-state index contributed by atoms with van der Waals surface area (Å²) < 4.78 is 6.78. The van der Waals surface area contributed by atoms with Crippen LogP contribution >= 0.6 is 11.6 Å². The van der Waals surface area contributed by atoms with E-state index in [0.29, 0.717) is 31.7 Å². The van der Waals surface area contributed by atoms with Crippen LogP contribution in [-0.2, 0) is 4.74 Å². The Balaban J connectivity index is 2.21. The summed E-state index contributed by atoms with van der Waals surface area (Å²) in [7, 11) is 0. The van der Waals surface area contributed by atoms with Gasteiger partial charge in [-0.15, -0.1) is 0 Å². The van der Waals surface area contributed by atoms with Crippen molar-refractivity contribution in [2.24, 2.45) is 0 Å². The first kappa shape index (κ1) is 14.6. The first-order valence-corrected chi connectivity index (χ1v) is 6.71. The third kappa shape index (κ3) is 3.61. The second-order valence-corrected chi connectivity index (χ2v) is 4.16. The third-order valence-corrected chi connectivity index (χ3v) is 2.75. The Labute approximate surface area is 121 Å². The zero-order chi connectivity index (χ0) is 14.4. The molecule has 0 N–H and O–H groups in total. The van der Waals surface area contributed by atoms with Crippen molar-refractivity contribution >= 4 is 17.5 Å². The van der Waals surface area contributed by atoms with Crippen LogP contribution in [0.3, 0.4) is 0 Å². The van der Waals surface area contributed by atoms with Gasteiger partial charge in [-0.1, -0.05) is 0 Å². The average molecular weight is 298 g/mol. The van der Waals surface area contributed by atoms with Crippen LogP contribution in [0.15, 0.2) is 12.7 Å². The van der Waals surface area contributed by atoms with Gasteiger partial charge in [0.2, 0.25) is 11.2 Å². The number of rotatable bonds is 7. The van der Waals surface area contributed by atoms with Gasteiger partial charge in [0.25, 0.3) is 5.95 Å². The zero-order valence-electron chi connectivity index (χ0n) is 11.4. The van der Waals surface area contributed by atoms with E-state index in [1.54, 1.807) is 0 Å². The molecule has 2 aromatic heterocycles. The molecule has 0 saturated carbocycles. The van der Waals surface area contributed by atoms with Gasteiger partial charge in [-0.3, -0.25) is 0 Å². The van der Waals surface area contributed by atoms with Crippen LogP contribution in [0.5, 0.6) is 0 Å². The fourth-order valence-corrected chi connectivity index (χ4v) is 1.75. The molecule has 2 aromatic rings. The van der Waals surface area contributed by atoms with Gasteiger partial charge in [-0.05, 0) is 25.4 Å². The molecule has 0 radical (unpaired) electrons. The van der Waals surface area contributed by atoms with Gasteiger partial charge in [0.1, 0.15) is 12.7 Å². The van der Waals surface area contributed by atoms with E-state index in [1.807, 2.05) is 18.7 Å². The van der Waals surface area contributed by atoms with Crippen LogP contribution in [0.1, 0.15) is 13.8 Å². The Hall–Kier alpha value is -1.80. The standard InChI is InChI=1S/C11H16ClN7O/c1-3-18(5-6-20-4-2)10-15-9(12)16-11(17-10)19-8-13-7-14-19/h7-8H,3-6H2,1-2H3. The van der Waals surface area contributed by atoms with Gasteiger partial charge in [0.15, 0.2) is 0 Å². The first-order chi connectivity index (χ1) is 9.74. The van der Waals surface area contributed by atoms with Gasteiger partial charge < -0.3 is 9.64 Å². The highest BCUT2D eigenvalue weighted by Crippen LogP contribution is 2.12.